The zero-order chi connectivity index (χ0) is 14.5. The first-order valence-electron chi connectivity index (χ1n) is 6.44. The highest BCUT2D eigenvalue weighted by Crippen LogP contribution is 2.11. The predicted molar refractivity (Wildman–Crippen MR) is 75.1 cm³/mol. The lowest BCUT2D eigenvalue weighted by molar-refractivity contribution is 0.541. The summed E-state index contributed by atoms with van der Waals surface area (Å²) in [6.45, 7) is 6.49. The number of aromatic nitrogens is 2. The van der Waals surface area contributed by atoms with E-state index in [0.29, 0.717) is 18.7 Å². The minimum Gasteiger partial charge on any atom is -0.334 e. The highest BCUT2D eigenvalue weighted by atomic mass is 32.2. The molecule has 0 amide bonds. The van der Waals surface area contributed by atoms with E-state index >= 15 is 0 Å². The molecule has 0 spiro atoms. The van der Waals surface area contributed by atoms with Gasteiger partial charge >= 0.3 is 0 Å². The van der Waals surface area contributed by atoms with Gasteiger partial charge in [0.1, 0.15) is 5.82 Å². The van der Waals surface area contributed by atoms with Crippen LogP contribution in [0.2, 0.25) is 0 Å². The van der Waals surface area contributed by atoms with Crippen molar-refractivity contribution in [3.63, 3.8) is 0 Å². The van der Waals surface area contributed by atoms with Crippen molar-refractivity contribution in [2.24, 2.45) is 0 Å². The largest absolute Gasteiger partial charge is 0.334 e. The van der Waals surface area contributed by atoms with Gasteiger partial charge < -0.3 is 4.57 Å². The molecule has 5 nitrogen and oxygen atoms in total. The molecule has 0 fully saturated rings. The first-order chi connectivity index (χ1) is 8.94. The lowest BCUT2D eigenvalue weighted by Crippen LogP contribution is -2.34. The monoisotopic (exact) mass is 283 g/mol. The molecule has 0 aliphatic carbocycles. The van der Waals surface area contributed by atoms with E-state index in [1.165, 1.54) is 0 Å². The number of terminal acetylenes is 1. The number of aryl methyl sites for hydroxylation is 2. The molecular weight excluding hydrogens is 262 g/mol. The summed E-state index contributed by atoms with van der Waals surface area (Å²) in [6.07, 6.45) is 8.76. The Kier molecular flexibility index (Phi) is 5.58. The van der Waals surface area contributed by atoms with E-state index in [2.05, 4.69) is 15.6 Å². The van der Waals surface area contributed by atoms with E-state index in [0.717, 1.165) is 13.0 Å². The van der Waals surface area contributed by atoms with Crippen molar-refractivity contribution in [3.8, 4) is 12.3 Å². The molecule has 0 saturated heterocycles. The third-order valence-electron chi connectivity index (χ3n) is 2.87. The lowest BCUT2D eigenvalue weighted by Gasteiger charge is -2.12. The first-order valence-corrected chi connectivity index (χ1v) is 7.92. The van der Waals surface area contributed by atoms with Gasteiger partial charge in [0.15, 0.2) is 5.03 Å². The fraction of sp³-hybridized carbons (Fsp3) is 0.615. The molecule has 0 aliphatic rings. The molecule has 0 aromatic carbocycles. The van der Waals surface area contributed by atoms with Gasteiger partial charge in [0.05, 0.1) is 0 Å². The molecule has 1 heterocycles. The van der Waals surface area contributed by atoms with Crippen molar-refractivity contribution in [3.05, 3.63) is 12.0 Å². The fourth-order valence-electron chi connectivity index (χ4n) is 1.77. The van der Waals surface area contributed by atoms with E-state index < -0.39 is 10.0 Å². The smallest absolute Gasteiger partial charge is 0.259 e. The van der Waals surface area contributed by atoms with Crippen LogP contribution in [0.4, 0.5) is 0 Å². The van der Waals surface area contributed by atoms with Gasteiger partial charge in [-0.3, -0.25) is 0 Å². The number of imidazole rings is 1. The molecular formula is C13H21N3O2S. The van der Waals surface area contributed by atoms with Crippen LogP contribution in [0.25, 0.3) is 0 Å². The maximum atomic E-state index is 12.2. The number of nitrogens with zero attached hydrogens (tertiary/aromatic N) is 2. The maximum Gasteiger partial charge on any atom is 0.259 e. The first kappa shape index (κ1) is 15.7. The van der Waals surface area contributed by atoms with E-state index in [-0.39, 0.29) is 11.1 Å². The molecule has 1 unspecified atom stereocenters. The Hall–Kier alpha value is -1.32. The van der Waals surface area contributed by atoms with Crippen LogP contribution in [0.5, 0.6) is 0 Å². The number of hydrogen-bond donors (Lipinski definition) is 1. The normalized spacial score (nSPS) is 13.2. The SMILES string of the molecule is C#CCC(CC)NS(=O)(=O)c1cn(CCC)c(C)n1. The predicted octanol–water partition coefficient (Wildman–Crippen LogP) is 1.68. The van der Waals surface area contributed by atoms with Gasteiger partial charge in [-0.1, -0.05) is 13.8 Å². The number of hydrogen-bond acceptors (Lipinski definition) is 3. The number of nitrogens with one attached hydrogen (secondary N) is 1. The summed E-state index contributed by atoms with van der Waals surface area (Å²) in [6, 6.07) is -0.244. The molecule has 1 aromatic rings. The van der Waals surface area contributed by atoms with Gasteiger partial charge in [-0.15, -0.1) is 12.3 Å². The average molecular weight is 283 g/mol. The Labute approximate surface area is 115 Å². The Morgan fingerprint density at radius 3 is 2.74 bits per heavy atom. The van der Waals surface area contributed by atoms with E-state index in [1.54, 1.807) is 13.1 Å². The van der Waals surface area contributed by atoms with Crippen LogP contribution >= 0.6 is 0 Å². The zero-order valence-corrected chi connectivity index (χ0v) is 12.5. The van der Waals surface area contributed by atoms with Gasteiger partial charge in [0, 0.05) is 25.2 Å². The van der Waals surface area contributed by atoms with Crippen LogP contribution < -0.4 is 4.72 Å². The van der Waals surface area contributed by atoms with Gasteiger partial charge in [0.25, 0.3) is 10.0 Å². The Morgan fingerprint density at radius 2 is 2.21 bits per heavy atom. The summed E-state index contributed by atoms with van der Waals surface area (Å²) in [5.74, 6) is 3.18. The Morgan fingerprint density at radius 1 is 1.53 bits per heavy atom. The van der Waals surface area contributed by atoms with Gasteiger partial charge in [0.2, 0.25) is 0 Å². The molecule has 0 aliphatic heterocycles. The van der Waals surface area contributed by atoms with E-state index in [9.17, 15) is 8.42 Å². The second kappa shape index (κ2) is 6.73. The van der Waals surface area contributed by atoms with Crippen LogP contribution in [-0.2, 0) is 16.6 Å². The van der Waals surface area contributed by atoms with Crippen LogP contribution in [0.1, 0.15) is 38.9 Å². The topological polar surface area (TPSA) is 64.0 Å². The van der Waals surface area contributed by atoms with Crippen molar-refractivity contribution in [1.82, 2.24) is 14.3 Å². The van der Waals surface area contributed by atoms with Crippen molar-refractivity contribution >= 4 is 10.0 Å². The zero-order valence-electron chi connectivity index (χ0n) is 11.7. The quantitative estimate of drug-likeness (QED) is 0.774. The molecule has 6 heteroatoms. The minimum atomic E-state index is -3.59. The van der Waals surface area contributed by atoms with Gasteiger partial charge in [-0.2, -0.15) is 0 Å². The summed E-state index contributed by atoms with van der Waals surface area (Å²) in [4.78, 5) is 4.11. The highest BCUT2D eigenvalue weighted by Gasteiger charge is 2.22. The molecule has 0 radical (unpaired) electrons. The number of rotatable bonds is 7. The summed E-state index contributed by atoms with van der Waals surface area (Å²) < 4.78 is 28.8. The third kappa shape index (κ3) is 4.08. The van der Waals surface area contributed by atoms with Crippen LogP contribution in [0.3, 0.4) is 0 Å². The molecule has 0 saturated carbocycles. The third-order valence-corrected chi connectivity index (χ3v) is 4.26. The molecule has 19 heavy (non-hydrogen) atoms. The molecule has 1 atom stereocenters. The summed E-state index contributed by atoms with van der Waals surface area (Å²) in [5, 5.41) is 0.0638. The summed E-state index contributed by atoms with van der Waals surface area (Å²) >= 11 is 0. The lowest BCUT2D eigenvalue weighted by atomic mass is 10.2. The van der Waals surface area contributed by atoms with Crippen molar-refractivity contribution < 1.29 is 8.42 Å². The minimum absolute atomic E-state index is 0.0638. The van der Waals surface area contributed by atoms with Crippen LogP contribution in [-0.4, -0.2) is 24.0 Å². The average Bonchev–Trinajstić information content (AvgIpc) is 2.72. The molecule has 1 aromatic heterocycles. The van der Waals surface area contributed by atoms with Crippen molar-refractivity contribution in [2.45, 2.75) is 57.6 Å². The van der Waals surface area contributed by atoms with Crippen LogP contribution in [0.15, 0.2) is 11.2 Å². The Bertz CT molecular complexity index is 555. The second-order valence-corrected chi connectivity index (χ2v) is 6.12. The maximum absolute atomic E-state index is 12.2. The number of sulfonamides is 1. The van der Waals surface area contributed by atoms with Gasteiger partial charge in [-0.25, -0.2) is 18.1 Å². The second-order valence-electron chi connectivity index (χ2n) is 4.45. The molecule has 106 valence electrons. The molecule has 1 rings (SSSR count). The van der Waals surface area contributed by atoms with E-state index in [1.807, 2.05) is 18.4 Å². The molecule has 0 bridgehead atoms. The van der Waals surface area contributed by atoms with Crippen LogP contribution in [0, 0.1) is 19.3 Å². The summed E-state index contributed by atoms with van der Waals surface area (Å²) in [5.41, 5.74) is 0. The fourth-order valence-corrected chi connectivity index (χ4v) is 3.10. The van der Waals surface area contributed by atoms with E-state index in [4.69, 9.17) is 6.42 Å². The van der Waals surface area contributed by atoms with Crippen molar-refractivity contribution in [2.75, 3.05) is 0 Å². The standard InChI is InChI=1S/C13H21N3O2S/c1-5-8-12(7-3)15-19(17,18)13-10-16(9-6-2)11(4)14-13/h1,10,12,15H,6-9H2,2-4H3. The Balaban J connectivity index is 2.94. The van der Waals surface area contributed by atoms with Crippen molar-refractivity contribution in [1.29, 1.82) is 0 Å². The molecule has 1 N–H and O–H groups in total. The van der Waals surface area contributed by atoms with Gasteiger partial charge in [-0.05, 0) is 19.8 Å². The highest BCUT2D eigenvalue weighted by molar-refractivity contribution is 7.89. The summed E-state index contributed by atoms with van der Waals surface area (Å²) in [7, 11) is -3.59.